The lowest BCUT2D eigenvalue weighted by molar-refractivity contribution is -0.123. The zero-order chi connectivity index (χ0) is 20.8. The molecule has 2 aromatic carbocycles. The van der Waals surface area contributed by atoms with Crippen LogP contribution in [0.1, 0.15) is 18.9 Å². The quantitative estimate of drug-likeness (QED) is 0.559. The number of hydrogen-bond donors (Lipinski definition) is 2. The second-order valence-electron chi connectivity index (χ2n) is 6.18. The van der Waals surface area contributed by atoms with Crippen molar-refractivity contribution in [2.45, 2.75) is 18.6 Å². The van der Waals surface area contributed by atoms with E-state index < -0.39 is 5.25 Å². The second-order valence-corrected chi connectivity index (χ2v) is 7.81. The lowest BCUT2D eigenvalue weighted by Crippen LogP contribution is -2.41. The molecule has 0 saturated carbocycles. The Labute approximate surface area is 177 Å². The number of carbonyl (C=O) groups is 2. The molecule has 0 radical (unpaired) electrons. The highest BCUT2D eigenvalue weighted by Gasteiger charge is 2.30. The maximum Gasteiger partial charge on any atom is 0.238 e. The van der Waals surface area contributed by atoms with Gasteiger partial charge in [0.15, 0.2) is 5.17 Å². The first-order chi connectivity index (χ1) is 13.9. The van der Waals surface area contributed by atoms with Crippen molar-refractivity contribution in [3.63, 3.8) is 0 Å². The van der Waals surface area contributed by atoms with Crippen LogP contribution in [-0.4, -0.2) is 35.1 Å². The van der Waals surface area contributed by atoms with E-state index in [1.54, 1.807) is 50.4 Å². The number of rotatable bonds is 5. The summed E-state index contributed by atoms with van der Waals surface area (Å²) in [4.78, 5) is 24.6. The Kier molecular flexibility index (Phi) is 6.90. The molecule has 1 aliphatic rings. The standard InChI is InChI=1S/C20H19ClN4O3S/c1-12(13-6-8-14(21)9-7-13)24-25-20-23-18(26)11-17(29-20)19(27)22-15-4-3-5-16(10-15)28-2/h3-10,17H,11H2,1-2H3,(H,22,27)(H,23,25,26)/b24-12+. The topological polar surface area (TPSA) is 92.1 Å². The van der Waals surface area contributed by atoms with Crippen LogP contribution in [0.4, 0.5) is 5.69 Å². The highest BCUT2D eigenvalue weighted by Crippen LogP contribution is 2.24. The van der Waals surface area contributed by atoms with E-state index in [2.05, 4.69) is 20.8 Å². The highest BCUT2D eigenvalue weighted by atomic mass is 35.5. The number of thioether (sulfide) groups is 1. The van der Waals surface area contributed by atoms with Crippen molar-refractivity contribution in [3.8, 4) is 5.75 Å². The molecule has 29 heavy (non-hydrogen) atoms. The molecule has 1 atom stereocenters. The van der Waals surface area contributed by atoms with E-state index >= 15 is 0 Å². The monoisotopic (exact) mass is 430 g/mol. The number of nitrogens with one attached hydrogen (secondary N) is 2. The van der Waals surface area contributed by atoms with Gasteiger partial charge < -0.3 is 15.4 Å². The molecule has 1 aliphatic heterocycles. The van der Waals surface area contributed by atoms with Crippen LogP contribution in [0.3, 0.4) is 0 Å². The highest BCUT2D eigenvalue weighted by molar-refractivity contribution is 8.15. The minimum absolute atomic E-state index is 0.0549. The van der Waals surface area contributed by atoms with Crippen LogP contribution < -0.4 is 15.4 Å². The van der Waals surface area contributed by atoms with Crippen molar-refractivity contribution in [1.82, 2.24) is 5.32 Å². The first-order valence-corrected chi connectivity index (χ1v) is 10.00. The van der Waals surface area contributed by atoms with Crippen LogP contribution in [0.25, 0.3) is 0 Å². The number of methoxy groups -OCH3 is 1. The fraction of sp³-hybridized carbons (Fsp3) is 0.200. The smallest absolute Gasteiger partial charge is 0.238 e. The number of nitrogens with zero attached hydrogens (tertiary/aromatic N) is 2. The predicted molar refractivity (Wildman–Crippen MR) is 117 cm³/mol. The van der Waals surface area contributed by atoms with E-state index in [0.717, 1.165) is 17.3 Å². The first kappa shape index (κ1) is 20.9. The molecule has 1 unspecified atom stereocenters. The summed E-state index contributed by atoms with van der Waals surface area (Å²) in [6.07, 6.45) is 0.0549. The third-order valence-corrected chi connectivity index (χ3v) is 5.38. The number of amides is 2. The van der Waals surface area contributed by atoms with Crippen molar-refractivity contribution in [1.29, 1.82) is 0 Å². The van der Waals surface area contributed by atoms with Gasteiger partial charge >= 0.3 is 0 Å². The summed E-state index contributed by atoms with van der Waals surface area (Å²) in [7, 11) is 1.55. The number of anilines is 1. The number of ether oxygens (including phenoxy) is 1. The third kappa shape index (κ3) is 5.82. The number of amidine groups is 1. The molecule has 0 bridgehead atoms. The molecule has 7 nitrogen and oxygen atoms in total. The zero-order valence-corrected chi connectivity index (χ0v) is 17.4. The molecule has 1 heterocycles. The number of hydrogen-bond acceptors (Lipinski definition) is 6. The van der Waals surface area contributed by atoms with Gasteiger partial charge in [-0.15, -0.1) is 5.10 Å². The first-order valence-electron chi connectivity index (χ1n) is 8.74. The molecule has 0 aromatic heterocycles. The maximum absolute atomic E-state index is 12.6. The largest absolute Gasteiger partial charge is 0.497 e. The summed E-state index contributed by atoms with van der Waals surface area (Å²) in [6, 6.07) is 14.2. The Hall–Kier alpha value is -2.84. The fourth-order valence-corrected chi connectivity index (χ4v) is 3.59. The van der Waals surface area contributed by atoms with Crippen LogP contribution >= 0.6 is 23.4 Å². The number of benzene rings is 2. The maximum atomic E-state index is 12.6. The van der Waals surface area contributed by atoms with Gasteiger partial charge in [0.1, 0.15) is 11.0 Å². The van der Waals surface area contributed by atoms with Crippen LogP contribution in [0.2, 0.25) is 5.02 Å². The van der Waals surface area contributed by atoms with E-state index in [0.29, 0.717) is 22.2 Å². The second kappa shape index (κ2) is 9.58. The molecule has 3 rings (SSSR count). The van der Waals surface area contributed by atoms with Gasteiger partial charge in [0, 0.05) is 23.2 Å². The molecule has 9 heteroatoms. The molecular weight excluding hydrogens is 412 g/mol. The molecule has 1 saturated heterocycles. The van der Waals surface area contributed by atoms with E-state index in [1.165, 1.54) is 0 Å². The lowest BCUT2D eigenvalue weighted by Gasteiger charge is -2.21. The minimum Gasteiger partial charge on any atom is -0.497 e. The summed E-state index contributed by atoms with van der Waals surface area (Å²) in [6.45, 7) is 1.80. The Balaban J connectivity index is 1.69. The van der Waals surface area contributed by atoms with Crippen LogP contribution in [0, 0.1) is 0 Å². The molecule has 2 amide bonds. The van der Waals surface area contributed by atoms with Crippen molar-refractivity contribution in [2.75, 3.05) is 12.4 Å². The van der Waals surface area contributed by atoms with Gasteiger partial charge in [0.2, 0.25) is 11.8 Å². The van der Waals surface area contributed by atoms with Crippen LogP contribution in [0.5, 0.6) is 5.75 Å². The van der Waals surface area contributed by atoms with Gasteiger partial charge in [0.05, 0.1) is 12.8 Å². The SMILES string of the molecule is COc1cccc(NC(=O)C2CC(=O)N/C(=N\N=C(/C)c3ccc(Cl)cc3)S2)c1. The van der Waals surface area contributed by atoms with E-state index in [4.69, 9.17) is 16.3 Å². The predicted octanol–water partition coefficient (Wildman–Crippen LogP) is 3.69. The molecular formula is C20H19ClN4O3S. The Bertz CT molecular complexity index is 976. The fourth-order valence-electron chi connectivity index (χ4n) is 2.53. The average Bonchev–Trinajstić information content (AvgIpc) is 2.72. The summed E-state index contributed by atoms with van der Waals surface area (Å²) >= 11 is 7.05. The van der Waals surface area contributed by atoms with Crippen molar-refractivity contribution < 1.29 is 14.3 Å². The van der Waals surface area contributed by atoms with Crippen molar-refractivity contribution >= 4 is 51.7 Å². The number of carbonyl (C=O) groups excluding carboxylic acids is 2. The average molecular weight is 431 g/mol. The Morgan fingerprint density at radius 3 is 2.76 bits per heavy atom. The van der Waals surface area contributed by atoms with Gasteiger partial charge in [-0.25, -0.2) is 0 Å². The normalized spacial score (nSPS) is 18.3. The summed E-state index contributed by atoms with van der Waals surface area (Å²) in [5, 5.41) is 14.0. The Morgan fingerprint density at radius 2 is 2.03 bits per heavy atom. The van der Waals surface area contributed by atoms with Gasteiger partial charge in [0.25, 0.3) is 0 Å². The van der Waals surface area contributed by atoms with Gasteiger partial charge in [-0.2, -0.15) is 5.10 Å². The van der Waals surface area contributed by atoms with Crippen molar-refractivity contribution in [2.24, 2.45) is 10.2 Å². The summed E-state index contributed by atoms with van der Waals surface area (Å²) in [5.74, 6) is 0.0583. The van der Waals surface area contributed by atoms with Crippen molar-refractivity contribution in [3.05, 3.63) is 59.1 Å². The Morgan fingerprint density at radius 1 is 1.28 bits per heavy atom. The molecule has 1 fully saturated rings. The van der Waals surface area contributed by atoms with Gasteiger partial charge in [-0.3, -0.25) is 9.59 Å². The van der Waals surface area contributed by atoms with Gasteiger partial charge in [-0.05, 0) is 36.8 Å². The van der Waals surface area contributed by atoms with Gasteiger partial charge in [-0.1, -0.05) is 41.6 Å². The molecule has 2 aromatic rings. The number of halogens is 1. The molecule has 2 N–H and O–H groups in total. The van der Waals surface area contributed by atoms with E-state index in [-0.39, 0.29) is 23.4 Å². The molecule has 0 spiro atoms. The van der Waals surface area contributed by atoms with E-state index in [9.17, 15) is 9.59 Å². The van der Waals surface area contributed by atoms with Crippen LogP contribution in [0.15, 0.2) is 58.7 Å². The third-order valence-electron chi connectivity index (χ3n) is 4.05. The van der Waals surface area contributed by atoms with Crippen LogP contribution in [-0.2, 0) is 9.59 Å². The lowest BCUT2D eigenvalue weighted by atomic mass is 10.1. The zero-order valence-electron chi connectivity index (χ0n) is 15.8. The summed E-state index contributed by atoms with van der Waals surface area (Å²) in [5.41, 5.74) is 2.11. The minimum atomic E-state index is -0.611. The van der Waals surface area contributed by atoms with E-state index in [1.807, 2.05) is 12.1 Å². The molecule has 150 valence electrons. The summed E-state index contributed by atoms with van der Waals surface area (Å²) < 4.78 is 5.15. The molecule has 0 aliphatic carbocycles.